The molecule has 12 heavy (non-hydrogen) atoms. The fourth-order valence-electron chi connectivity index (χ4n) is 1.06. The van der Waals surface area contributed by atoms with Gasteiger partial charge in [-0.2, -0.15) is 0 Å². The van der Waals surface area contributed by atoms with Crippen LogP contribution in [0.5, 0.6) is 0 Å². The fraction of sp³-hybridized carbons (Fsp3) is 0.800. The van der Waals surface area contributed by atoms with Crippen LogP contribution in [0, 0.1) is 17.4 Å². The molecule has 1 aliphatic rings. The van der Waals surface area contributed by atoms with Crippen LogP contribution in [0.2, 0.25) is 19.6 Å². The van der Waals surface area contributed by atoms with Crippen LogP contribution in [0.15, 0.2) is 0 Å². The molecule has 0 bridgehead atoms. The molecule has 0 aromatic heterocycles. The van der Waals surface area contributed by atoms with Gasteiger partial charge in [0, 0.05) is 0 Å². The first-order chi connectivity index (χ1) is 5.31. The number of aliphatic hydroxyl groups is 1. The smallest absolute Gasteiger partial charge is 0.129 e. The van der Waals surface area contributed by atoms with E-state index in [0.717, 1.165) is 12.8 Å². The van der Waals surface area contributed by atoms with E-state index in [1.54, 1.807) is 0 Å². The molecule has 1 atom stereocenters. The van der Waals surface area contributed by atoms with Gasteiger partial charge in [-0.1, -0.05) is 25.6 Å². The summed E-state index contributed by atoms with van der Waals surface area (Å²) in [5, 5.41) is 9.87. The molecule has 0 heterocycles. The van der Waals surface area contributed by atoms with Gasteiger partial charge in [0.25, 0.3) is 0 Å². The molecule has 0 spiro atoms. The van der Waals surface area contributed by atoms with Crippen LogP contribution in [-0.2, 0) is 0 Å². The molecule has 1 rings (SSSR count). The maximum Gasteiger partial charge on any atom is 0.129 e. The largest absolute Gasteiger partial charge is 0.378 e. The van der Waals surface area contributed by atoms with Crippen molar-refractivity contribution in [2.24, 2.45) is 5.92 Å². The summed E-state index contributed by atoms with van der Waals surface area (Å²) < 4.78 is 0. The molecule has 0 radical (unpaired) electrons. The van der Waals surface area contributed by atoms with Crippen molar-refractivity contribution in [3.8, 4) is 11.5 Å². The average molecular weight is 182 g/mol. The van der Waals surface area contributed by atoms with E-state index in [4.69, 9.17) is 0 Å². The maximum absolute atomic E-state index is 9.87. The van der Waals surface area contributed by atoms with Gasteiger partial charge in [-0.05, 0) is 25.7 Å². The van der Waals surface area contributed by atoms with Crippen LogP contribution in [0.25, 0.3) is 0 Å². The summed E-state index contributed by atoms with van der Waals surface area (Å²) in [5.41, 5.74) is 2.51. The van der Waals surface area contributed by atoms with E-state index >= 15 is 0 Å². The molecule has 1 N–H and O–H groups in total. The zero-order valence-corrected chi connectivity index (χ0v) is 9.44. The molecule has 68 valence electrons. The summed E-state index contributed by atoms with van der Waals surface area (Å²) in [7, 11) is -1.31. The zero-order valence-electron chi connectivity index (χ0n) is 8.44. The lowest BCUT2D eigenvalue weighted by Gasteiger charge is -2.16. The van der Waals surface area contributed by atoms with E-state index in [0.29, 0.717) is 5.92 Å². The summed E-state index contributed by atoms with van der Waals surface area (Å²) >= 11 is 0. The number of hydrogen-bond acceptors (Lipinski definition) is 1. The van der Waals surface area contributed by atoms with Crippen molar-refractivity contribution in [1.82, 2.24) is 0 Å². The highest BCUT2D eigenvalue weighted by Crippen LogP contribution is 2.39. The Bertz CT molecular complexity index is 222. The van der Waals surface area contributed by atoms with Crippen molar-refractivity contribution in [1.29, 1.82) is 0 Å². The van der Waals surface area contributed by atoms with Crippen molar-refractivity contribution in [3.63, 3.8) is 0 Å². The minimum atomic E-state index is -1.31. The van der Waals surface area contributed by atoms with Crippen molar-refractivity contribution in [2.45, 2.75) is 45.0 Å². The molecular weight excluding hydrogens is 164 g/mol. The third kappa shape index (κ3) is 3.00. The minimum absolute atomic E-state index is 0.446. The standard InChI is InChI=1S/C10H18OSi/c1-10(11,9-5-6-9)7-8-12(2,3)4/h9,11H,5-6H2,1-4H3. The Balaban J connectivity index is 2.62. The Morgan fingerprint density at radius 2 is 1.83 bits per heavy atom. The van der Waals surface area contributed by atoms with E-state index in [1.807, 2.05) is 6.92 Å². The molecule has 0 aliphatic heterocycles. The van der Waals surface area contributed by atoms with Crippen molar-refractivity contribution in [3.05, 3.63) is 0 Å². The highest BCUT2D eigenvalue weighted by molar-refractivity contribution is 6.83. The normalized spacial score (nSPS) is 22.4. The molecule has 1 unspecified atom stereocenters. The van der Waals surface area contributed by atoms with Gasteiger partial charge in [0.15, 0.2) is 0 Å². The van der Waals surface area contributed by atoms with E-state index < -0.39 is 13.7 Å². The highest BCUT2D eigenvalue weighted by atomic mass is 28.3. The van der Waals surface area contributed by atoms with E-state index in [2.05, 4.69) is 31.1 Å². The predicted octanol–water partition coefficient (Wildman–Crippen LogP) is 2.03. The zero-order chi connectivity index (χ0) is 9.41. The molecule has 0 saturated heterocycles. The second-order valence-electron chi connectivity index (χ2n) is 4.92. The highest BCUT2D eigenvalue weighted by Gasteiger charge is 2.38. The van der Waals surface area contributed by atoms with Gasteiger partial charge in [0.1, 0.15) is 13.7 Å². The third-order valence-electron chi connectivity index (χ3n) is 2.06. The lowest BCUT2D eigenvalue weighted by molar-refractivity contribution is 0.0981. The van der Waals surface area contributed by atoms with Crippen LogP contribution in [0.1, 0.15) is 19.8 Å². The number of rotatable bonds is 1. The molecule has 1 nitrogen and oxygen atoms in total. The second-order valence-corrected chi connectivity index (χ2v) is 9.67. The number of hydrogen-bond donors (Lipinski definition) is 1. The summed E-state index contributed by atoms with van der Waals surface area (Å²) in [6.07, 6.45) is 2.29. The summed E-state index contributed by atoms with van der Waals surface area (Å²) in [4.78, 5) is 0. The van der Waals surface area contributed by atoms with E-state index in [-0.39, 0.29) is 0 Å². The van der Waals surface area contributed by atoms with Crippen LogP contribution in [-0.4, -0.2) is 18.8 Å². The summed E-state index contributed by atoms with van der Waals surface area (Å²) in [6.45, 7) is 8.44. The van der Waals surface area contributed by atoms with Gasteiger partial charge in [0.05, 0.1) is 0 Å². The predicted molar refractivity (Wildman–Crippen MR) is 54.5 cm³/mol. The molecule has 1 saturated carbocycles. The Labute approximate surface area is 76.2 Å². The molecule has 1 aliphatic carbocycles. The first-order valence-corrected chi connectivity index (χ1v) is 8.08. The van der Waals surface area contributed by atoms with Crippen LogP contribution >= 0.6 is 0 Å². The topological polar surface area (TPSA) is 20.2 Å². The van der Waals surface area contributed by atoms with Crippen molar-refractivity contribution < 1.29 is 5.11 Å². The monoisotopic (exact) mass is 182 g/mol. The fourth-order valence-corrected chi connectivity index (χ4v) is 1.69. The first kappa shape index (κ1) is 9.82. The van der Waals surface area contributed by atoms with Gasteiger partial charge in [-0.3, -0.25) is 0 Å². The van der Waals surface area contributed by atoms with Gasteiger partial charge < -0.3 is 5.11 Å². The van der Waals surface area contributed by atoms with Crippen LogP contribution in [0.3, 0.4) is 0 Å². The van der Waals surface area contributed by atoms with Crippen molar-refractivity contribution in [2.75, 3.05) is 0 Å². The molecular formula is C10H18OSi. The molecule has 0 aromatic carbocycles. The third-order valence-corrected chi connectivity index (χ3v) is 2.94. The molecule has 0 aromatic rings. The summed E-state index contributed by atoms with van der Waals surface area (Å²) in [6, 6.07) is 0. The second kappa shape index (κ2) is 2.90. The van der Waals surface area contributed by atoms with Gasteiger partial charge in [-0.15, -0.1) is 5.54 Å². The minimum Gasteiger partial charge on any atom is -0.378 e. The quantitative estimate of drug-likeness (QED) is 0.486. The van der Waals surface area contributed by atoms with Crippen LogP contribution < -0.4 is 0 Å². The van der Waals surface area contributed by atoms with Gasteiger partial charge in [-0.25, -0.2) is 0 Å². The Morgan fingerprint density at radius 3 is 2.17 bits per heavy atom. The van der Waals surface area contributed by atoms with E-state index in [9.17, 15) is 5.11 Å². The Kier molecular flexibility index (Phi) is 2.37. The van der Waals surface area contributed by atoms with Gasteiger partial charge >= 0.3 is 0 Å². The Morgan fingerprint density at radius 1 is 1.33 bits per heavy atom. The molecule has 2 heteroatoms. The van der Waals surface area contributed by atoms with Crippen LogP contribution in [0.4, 0.5) is 0 Å². The molecule has 0 amide bonds. The lowest BCUT2D eigenvalue weighted by atomic mass is 10.0. The first-order valence-electron chi connectivity index (χ1n) is 4.58. The SMILES string of the molecule is CC(O)(C#C[Si](C)(C)C)C1CC1. The van der Waals surface area contributed by atoms with Gasteiger partial charge in [0.2, 0.25) is 0 Å². The average Bonchev–Trinajstić information content (AvgIpc) is 2.62. The lowest BCUT2D eigenvalue weighted by Crippen LogP contribution is -2.26. The van der Waals surface area contributed by atoms with Crippen molar-refractivity contribution >= 4 is 8.07 Å². The summed E-state index contributed by atoms with van der Waals surface area (Å²) in [5.74, 6) is 3.47. The maximum atomic E-state index is 9.87. The molecule has 1 fully saturated rings. The van der Waals surface area contributed by atoms with E-state index in [1.165, 1.54) is 0 Å². The Hall–Kier alpha value is -0.263.